The summed E-state index contributed by atoms with van der Waals surface area (Å²) in [4.78, 5) is 16.2. The number of hydrogen-bond acceptors (Lipinski definition) is 5. The Bertz CT molecular complexity index is 467. The Labute approximate surface area is 111 Å². The van der Waals surface area contributed by atoms with E-state index in [1.54, 1.807) is 20.0 Å². The van der Waals surface area contributed by atoms with Crippen molar-refractivity contribution < 1.29 is 14.4 Å². The molecule has 0 spiro atoms. The lowest BCUT2D eigenvalue weighted by Gasteiger charge is -2.20. The van der Waals surface area contributed by atoms with Gasteiger partial charge in [-0.15, -0.1) is 0 Å². The second-order valence-electron chi connectivity index (χ2n) is 4.79. The fourth-order valence-electron chi connectivity index (χ4n) is 1.78. The Morgan fingerprint density at radius 3 is 2.58 bits per heavy atom. The number of nitrogens with one attached hydrogen (secondary N) is 1. The van der Waals surface area contributed by atoms with Crippen LogP contribution in [-0.2, 0) is 4.79 Å². The van der Waals surface area contributed by atoms with Crippen molar-refractivity contribution in [2.24, 2.45) is 22.7 Å². The lowest BCUT2D eigenvalue weighted by atomic mass is 9.93. The van der Waals surface area contributed by atoms with Gasteiger partial charge in [0.15, 0.2) is 5.84 Å². The molecule has 7 heteroatoms. The van der Waals surface area contributed by atoms with Gasteiger partial charge in [0, 0.05) is 0 Å². The summed E-state index contributed by atoms with van der Waals surface area (Å²) < 4.78 is 5.34. The van der Waals surface area contributed by atoms with Gasteiger partial charge >= 0.3 is 0 Å². The molecule has 0 bridgehead atoms. The second kappa shape index (κ2) is 6.21. The predicted octanol–water partition coefficient (Wildman–Crippen LogP) is 1.18. The highest BCUT2D eigenvalue weighted by Gasteiger charge is 2.28. The van der Waals surface area contributed by atoms with E-state index in [2.05, 4.69) is 15.5 Å². The fraction of sp³-hybridized carbons (Fsp3) is 0.583. The molecule has 2 unspecified atom stereocenters. The van der Waals surface area contributed by atoms with Crippen molar-refractivity contribution in [3.8, 4) is 0 Å². The maximum absolute atomic E-state index is 12.1. The van der Waals surface area contributed by atoms with Crippen molar-refractivity contribution in [3.63, 3.8) is 0 Å². The van der Waals surface area contributed by atoms with Crippen molar-refractivity contribution in [2.75, 3.05) is 0 Å². The fourth-order valence-corrected chi connectivity index (χ4v) is 1.78. The van der Waals surface area contributed by atoms with Gasteiger partial charge in [0.2, 0.25) is 11.8 Å². The smallest absolute Gasteiger partial charge is 0.231 e. The molecule has 0 fully saturated rings. The molecule has 1 amide bonds. The standard InChI is InChI=1S/C12H20N4O3/c1-6(2)9(10(13)16-18)11(17)15-8(4)12-14-5-7(3)19-12/h5-6,8-9,18H,1-4H3,(H2,13,16)(H,15,17). The van der Waals surface area contributed by atoms with E-state index in [1.165, 1.54) is 0 Å². The first-order chi connectivity index (χ1) is 8.86. The Hall–Kier alpha value is -2.05. The van der Waals surface area contributed by atoms with Crippen LogP contribution in [0.5, 0.6) is 0 Å². The van der Waals surface area contributed by atoms with Gasteiger partial charge < -0.3 is 20.7 Å². The lowest BCUT2D eigenvalue weighted by molar-refractivity contribution is -0.124. The van der Waals surface area contributed by atoms with Crippen molar-refractivity contribution >= 4 is 11.7 Å². The predicted molar refractivity (Wildman–Crippen MR) is 69.5 cm³/mol. The van der Waals surface area contributed by atoms with Gasteiger partial charge in [-0.3, -0.25) is 4.79 Å². The van der Waals surface area contributed by atoms with Crippen molar-refractivity contribution in [1.82, 2.24) is 10.3 Å². The Kier molecular flexibility index (Phi) is 4.91. The molecule has 4 N–H and O–H groups in total. The molecule has 0 aliphatic carbocycles. The van der Waals surface area contributed by atoms with Gasteiger partial charge in [0.05, 0.1) is 6.20 Å². The van der Waals surface area contributed by atoms with E-state index < -0.39 is 5.92 Å². The third-order valence-corrected chi connectivity index (χ3v) is 2.75. The maximum atomic E-state index is 12.1. The summed E-state index contributed by atoms with van der Waals surface area (Å²) in [6.07, 6.45) is 1.58. The molecule has 1 rings (SSSR count). The van der Waals surface area contributed by atoms with Crippen LogP contribution in [0.25, 0.3) is 0 Å². The topological polar surface area (TPSA) is 114 Å². The van der Waals surface area contributed by atoms with Gasteiger partial charge in [-0.1, -0.05) is 19.0 Å². The van der Waals surface area contributed by atoms with Crippen LogP contribution in [0.15, 0.2) is 15.8 Å². The number of oxazole rings is 1. The molecule has 0 saturated heterocycles. The summed E-state index contributed by atoms with van der Waals surface area (Å²) in [5.41, 5.74) is 5.54. The Morgan fingerprint density at radius 1 is 1.53 bits per heavy atom. The number of amidine groups is 1. The number of amides is 1. The van der Waals surface area contributed by atoms with Crippen molar-refractivity contribution in [3.05, 3.63) is 17.8 Å². The molecule has 0 radical (unpaired) electrons. The van der Waals surface area contributed by atoms with Crippen LogP contribution in [0.2, 0.25) is 0 Å². The van der Waals surface area contributed by atoms with E-state index in [4.69, 9.17) is 15.4 Å². The zero-order valence-electron chi connectivity index (χ0n) is 11.5. The van der Waals surface area contributed by atoms with Crippen LogP contribution >= 0.6 is 0 Å². The van der Waals surface area contributed by atoms with Crippen LogP contribution < -0.4 is 11.1 Å². The van der Waals surface area contributed by atoms with Crippen LogP contribution in [0.3, 0.4) is 0 Å². The maximum Gasteiger partial charge on any atom is 0.231 e. The zero-order valence-corrected chi connectivity index (χ0v) is 11.5. The van der Waals surface area contributed by atoms with E-state index in [0.717, 1.165) is 0 Å². The van der Waals surface area contributed by atoms with E-state index in [0.29, 0.717) is 11.7 Å². The number of nitrogens with two attached hydrogens (primary N) is 1. The Balaban J connectivity index is 2.77. The monoisotopic (exact) mass is 268 g/mol. The lowest BCUT2D eigenvalue weighted by Crippen LogP contribution is -2.42. The molecule has 19 heavy (non-hydrogen) atoms. The highest BCUT2D eigenvalue weighted by atomic mass is 16.4. The van der Waals surface area contributed by atoms with Crippen LogP contribution in [-0.4, -0.2) is 21.9 Å². The molecule has 0 aromatic carbocycles. The largest absolute Gasteiger partial charge is 0.444 e. The molecule has 1 aromatic rings. The normalized spacial score (nSPS) is 15.3. The molecular formula is C12H20N4O3. The van der Waals surface area contributed by atoms with Crippen molar-refractivity contribution in [2.45, 2.75) is 33.7 Å². The number of aromatic nitrogens is 1. The molecule has 0 saturated carbocycles. The third kappa shape index (κ3) is 3.70. The molecule has 106 valence electrons. The quantitative estimate of drug-likeness (QED) is 0.321. The summed E-state index contributed by atoms with van der Waals surface area (Å²) in [5.74, 6) is -0.115. The van der Waals surface area contributed by atoms with Gasteiger partial charge in [0.25, 0.3) is 0 Å². The van der Waals surface area contributed by atoms with E-state index in [9.17, 15) is 4.79 Å². The molecule has 7 nitrogen and oxygen atoms in total. The highest BCUT2D eigenvalue weighted by Crippen LogP contribution is 2.16. The summed E-state index contributed by atoms with van der Waals surface area (Å²) in [6, 6.07) is -0.381. The van der Waals surface area contributed by atoms with E-state index in [1.807, 2.05) is 13.8 Å². The summed E-state index contributed by atoms with van der Waals surface area (Å²) in [7, 11) is 0. The van der Waals surface area contributed by atoms with Gasteiger partial charge in [-0.2, -0.15) is 0 Å². The SMILES string of the molecule is Cc1cnc(C(C)NC(=O)C(/C(N)=N/O)C(C)C)o1. The summed E-state index contributed by atoms with van der Waals surface area (Å²) in [5, 5.41) is 14.4. The number of nitrogens with zero attached hydrogens (tertiary/aromatic N) is 2. The molecule has 0 aliphatic rings. The number of carbonyl (C=O) groups is 1. The summed E-state index contributed by atoms with van der Waals surface area (Å²) in [6.45, 7) is 7.18. The minimum absolute atomic E-state index is 0.0885. The van der Waals surface area contributed by atoms with Crippen LogP contribution in [0, 0.1) is 18.8 Å². The third-order valence-electron chi connectivity index (χ3n) is 2.75. The number of rotatable bonds is 5. The molecule has 0 aliphatic heterocycles. The number of aryl methyl sites for hydroxylation is 1. The minimum Gasteiger partial charge on any atom is -0.444 e. The number of carbonyl (C=O) groups excluding carboxylic acids is 1. The van der Waals surface area contributed by atoms with E-state index in [-0.39, 0.29) is 23.7 Å². The zero-order chi connectivity index (χ0) is 14.6. The molecule has 1 aromatic heterocycles. The molecule has 2 atom stereocenters. The number of hydrogen-bond donors (Lipinski definition) is 3. The summed E-state index contributed by atoms with van der Waals surface area (Å²) >= 11 is 0. The number of oxime groups is 1. The average Bonchev–Trinajstić information content (AvgIpc) is 2.75. The van der Waals surface area contributed by atoms with Crippen molar-refractivity contribution in [1.29, 1.82) is 0 Å². The molecular weight excluding hydrogens is 248 g/mol. The minimum atomic E-state index is -0.691. The highest BCUT2D eigenvalue weighted by molar-refractivity contribution is 6.02. The van der Waals surface area contributed by atoms with Gasteiger partial charge in [-0.25, -0.2) is 4.98 Å². The van der Waals surface area contributed by atoms with Gasteiger partial charge in [0.1, 0.15) is 17.7 Å². The van der Waals surface area contributed by atoms with Crippen LogP contribution in [0.1, 0.15) is 38.5 Å². The van der Waals surface area contributed by atoms with E-state index >= 15 is 0 Å². The first kappa shape index (κ1) is 15.0. The molecule has 1 heterocycles. The Morgan fingerprint density at radius 2 is 2.16 bits per heavy atom. The first-order valence-corrected chi connectivity index (χ1v) is 6.07. The van der Waals surface area contributed by atoms with Crippen LogP contribution in [0.4, 0.5) is 0 Å². The average molecular weight is 268 g/mol. The van der Waals surface area contributed by atoms with Gasteiger partial charge in [-0.05, 0) is 19.8 Å². The first-order valence-electron chi connectivity index (χ1n) is 6.07. The second-order valence-corrected chi connectivity index (χ2v) is 4.79.